The Hall–Kier alpha value is -0.840. The van der Waals surface area contributed by atoms with Gasteiger partial charge in [-0.1, -0.05) is 6.07 Å². The number of hydrogen-bond donors (Lipinski definition) is 1. The zero-order valence-corrected chi connectivity index (χ0v) is 7.67. The lowest BCUT2D eigenvalue weighted by atomic mass is 10.3. The first kappa shape index (κ1) is 10.2. The largest absolute Gasteiger partial charge is 0.482 e. The molecule has 72 valence electrons. The quantitative estimate of drug-likeness (QED) is 0.589. The van der Waals surface area contributed by atoms with Crippen molar-refractivity contribution >= 4 is 17.4 Å². The summed E-state index contributed by atoms with van der Waals surface area (Å²) in [5.74, 6) is 0. The van der Waals surface area contributed by atoms with Crippen molar-refractivity contribution in [3.8, 4) is 0 Å². The van der Waals surface area contributed by atoms with Crippen LogP contribution in [0.2, 0.25) is 0 Å². The molecule has 5 heteroatoms. The first-order chi connectivity index (χ1) is 6.01. The molecule has 0 heterocycles. The van der Waals surface area contributed by atoms with Gasteiger partial charge in [0.15, 0.2) is 0 Å². The van der Waals surface area contributed by atoms with Crippen molar-refractivity contribution < 1.29 is 13.2 Å². The van der Waals surface area contributed by atoms with Gasteiger partial charge in [0.2, 0.25) is 0 Å². The molecule has 1 aromatic carbocycles. The van der Waals surface area contributed by atoms with Crippen molar-refractivity contribution in [3.63, 3.8) is 0 Å². The van der Waals surface area contributed by atoms with E-state index in [9.17, 15) is 13.2 Å². The predicted molar refractivity (Wildman–Crippen MR) is 47.9 cm³/mol. The molecule has 0 unspecified atom stereocenters. The average molecular weight is 207 g/mol. The minimum atomic E-state index is -4.36. The lowest BCUT2D eigenvalue weighted by molar-refractivity contribution is -0.0999. The molecule has 13 heavy (non-hydrogen) atoms. The fraction of sp³-hybridized carbons (Fsp3) is 0.250. The van der Waals surface area contributed by atoms with Gasteiger partial charge in [-0.3, -0.25) is 5.32 Å². The van der Waals surface area contributed by atoms with Gasteiger partial charge in [-0.15, -0.1) is 11.8 Å². The summed E-state index contributed by atoms with van der Waals surface area (Å²) in [7, 11) is 0. The molecule has 0 radical (unpaired) electrons. The summed E-state index contributed by atoms with van der Waals surface area (Å²) in [4.78, 5) is 0.800. The van der Waals surface area contributed by atoms with Gasteiger partial charge in [-0.05, 0) is 24.5 Å². The van der Waals surface area contributed by atoms with Crippen LogP contribution in [0.15, 0.2) is 29.2 Å². The molecule has 0 bridgehead atoms. The zero-order chi connectivity index (χ0) is 9.90. The molecule has 0 aliphatic carbocycles. The number of thioether (sulfide) groups is 1. The van der Waals surface area contributed by atoms with E-state index in [2.05, 4.69) is 0 Å². The van der Waals surface area contributed by atoms with Crippen molar-refractivity contribution in [1.82, 2.24) is 0 Å². The lowest BCUT2D eigenvalue weighted by Gasteiger charge is -2.10. The number of halogens is 3. The van der Waals surface area contributed by atoms with E-state index in [1.807, 2.05) is 6.26 Å². The van der Waals surface area contributed by atoms with Crippen molar-refractivity contribution in [3.05, 3.63) is 24.3 Å². The van der Waals surface area contributed by atoms with Crippen LogP contribution in [0.1, 0.15) is 0 Å². The van der Waals surface area contributed by atoms with Gasteiger partial charge in [0, 0.05) is 10.6 Å². The van der Waals surface area contributed by atoms with Gasteiger partial charge in [-0.2, -0.15) is 13.2 Å². The molecule has 1 aromatic rings. The molecule has 0 atom stereocenters. The summed E-state index contributed by atoms with van der Waals surface area (Å²) in [6, 6.07) is 6.18. The summed E-state index contributed by atoms with van der Waals surface area (Å²) >= 11 is 1.40. The minimum absolute atomic E-state index is 0.0688. The van der Waals surface area contributed by atoms with Gasteiger partial charge in [0.1, 0.15) is 0 Å². The average Bonchev–Trinajstić information content (AvgIpc) is 2.01. The molecule has 0 aromatic heterocycles. The summed E-state index contributed by atoms with van der Waals surface area (Å²) in [5.41, 5.74) is 0.0688. The molecule has 0 amide bonds. The molecular formula is C8H8F3NS. The Kier molecular flexibility index (Phi) is 3.08. The molecule has 0 aliphatic rings. The highest BCUT2D eigenvalue weighted by Gasteiger charge is 2.26. The van der Waals surface area contributed by atoms with E-state index in [1.165, 1.54) is 29.2 Å². The van der Waals surface area contributed by atoms with Gasteiger partial charge in [-0.25, -0.2) is 0 Å². The number of hydrogen-bond acceptors (Lipinski definition) is 2. The van der Waals surface area contributed by atoms with Crippen LogP contribution in [0.25, 0.3) is 0 Å². The smallest absolute Gasteiger partial charge is 0.297 e. The van der Waals surface area contributed by atoms with E-state index in [0.29, 0.717) is 0 Å². The van der Waals surface area contributed by atoms with Crippen LogP contribution in [0.3, 0.4) is 0 Å². The van der Waals surface area contributed by atoms with E-state index in [0.717, 1.165) is 4.90 Å². The Morgan fingerprint density at radius 2 is 2.00 bits per heavy atom. The van der Waals surface area contributed by atoms with Gasteiger partial charge in [0.25, 0.3) is 0 Å². The third kappa shape index (κ3) is 3.59. The maximum absolute atomic E-state index is 11.9. The summed E-state index contributed by atoms with van der Waals surface area (Å²) < 4.78 is 35.6. The van der Waals surface area contributed by atoms with Gasteiger partial charge in [0.05, 0.1) is 0 Å². The van der Waals surface area contributed by atoms with Crippen LogP contribution in [0.5, 0.6) is 0 Å². The van der Waals surface area contributed by atoms with E-state index >= 15 is 0 Å². The third-order valence-corrected chi connectivity index (χ3v) is 2.08. The predicted octanol–water partition coefficient (Wildman–Crippen LogP) is 3.34. The van der Waals surface area contributed by atoms with E-state index < -0.39 is 6.30 Å². The first-order valence-electron chi connectivity index (χ1n) is 3.50. The molecule has 0 fully saturated rings. The topological polar surface area (TPSA) is 12.0 Å². The van der Waals surface area contributed by atoms with Crippen LogP contribution in [0.4, 0.5) is 18.9 Å². The Bertz CT molecular complexity index is 285. The van der Waals surface area contributed by atoms with Crippen molar-refractivity contribution in [2.75, 3.05) is 11.6 Å². The first-order valence-corrected chi connectivity index (χ1v) is 4.73. The molecule has 0 saturated heterocycles. The number of alkyl halides is 3. The molecule has 0 aliphatic heterocycles. The third-order valence-electron chi connectivity index (χ3n) is 1.36. The van der Waals surface area contributed by atoms with Crippen LogP contribution in [0, 0.1) is 0 Å². The molecule has 0 saturated carbocycles. The highest BCUT2D eigenvalue weighted by Crippen LogP contribution is 2.23. The molecule has 0 spiro atoms. The standard InChI is InChI=1S/C8H8F3NS/c1-13-7-4-2-3-6(5-7)12-8(9,10)11/h2-5,12H,1H3. The van der Waals surface area contributed by atoms with Crippen LogP contribution < -0.4 is 5.32 Å². The fourth-order valence-electron chi connectivity index (χ4n) is 0.864. The Morgan fingerprint density at radius 3 is 2.54 bits per heavy atom. The highest BCUT2D eigenvalue weighted by molar-refractivity contribution is 7.98. The maximum Gasteiger partial charge on any atom is 0.482 e. The number of rotatable bonds is 2. The fourth-order valence-corrected chi connectivity index (χ4v) is 1.32. The van der Waals surface area contributed by atoms with Gasteiger partial charge < -0.3 is 0 Å². The second-order valence-corrected chi connectivity index (χ2v) is 3.23. The second kappa shape index (κ2) is 3.91. The summed E-state index contributed by atoms with van der Waals surface area (Å²) in [6.45, 7) is 0. The molecule has 1 N–H and O–H groups in total. The lowest BCUT2D eigenvalue weighted by Crippen LogP contribution is -2.20. The van der Waals surface area contributed by atoms with Crippen LogP contribution >= 0.6 is 11.8 Å². The monoisotopic (exact) mass is 207 g/mol. The molecule has 1 nitrogen and oxygen atoms in total. The maximum atomic E-state index is 11.9. The number of benzene rings is 1. The van der Waals surface area contributed by atoms with E-state index in [1.54, 1.807) is 12.1 Å². The zero-order valence-electron chi connectivity index (χ0n) is 6.85. The Morgan fingerprint density at radius 1 is 1.31 bits per heavy atom. The Labute approximate surface area is 78.3 Å². The van der Waals surface area contributed by atoms with Crippen molar-refractivity contribution in [1.29, 1.82) is 0 Å². The normalized spacial score (nSPS) is 11.4. The molecule has 1 rings (SSSR count). The van der Waals surface area contributed by atoms with Crippen LogP contribution in [-0.2, 0) is 0 Å². The summed E-state index contributed by atoms with van der Waals surface area (Å²) in [5, 5.41) is 1.44. The Balaban J connectivity index is 2.78. The highest BCUT2D eigenvalue weighted by atomic mass is 32.2. The van der Waals surface area contributed by atoms with Crippen molar-refractivity contribution in [2.45, 2.75) is 11.2 Å². The van der Waals surface area contributed by atoms with Gasteiger partial charge >= 0.3 is 6.30 Å². The minimum Gasteiger partial charge on any atom is -0.297 e. The van der Waals surface area contributed by atoms with E-state index in [-0.39, 0.29) is 5.69 Å². The van der Waals surface area contributed by atoms with Crippen molar-refractivity contribution in [2.24, 2.45) is 0 Å². The second-order valence-electron chi connectivity index (χ2n) is 2.35. The molecular weight excluding hydrogens is 199 g/mol. The van der Waals surface area contributed by atoms with E-state index in [4.69, 9.17) is 0 Å². The number of nitrogens with one attached hydrogen (secondary N) is 1. The van der Waals surface area contributed by atoms with Crippen LogP contribution in [-0.4, -0.2) is 12.6 Å². The number of anilines is 1. The SMILES string of the molecule is CSc1cccc(NC(F)(F)F)c1. The summed E-state index contributed by atoms with van der Waals surface area (Å²) in [6.07, 6.45) is -2.55.